The Morgan fingerprint density at radius 1 is 1.56 bits per heavy atom. The lowest BCUT2D eigenvalue weighted by Crippen LogP contribution is -2.32. The van der Waals surface area contributed by atoms with Crippen LogP contribution in [0.4, 0.5) is 4.39 Å². The summed E-state index contributed by atoms with van der Waals surface area (Å²) in [7, 11) is 0. The van der Waals surface area contributed by atoms with Gasteiger partial charge in [-0.2, -0.15) is 0 Å². The van der Waals surface area contributed by atoms with Crippen LogP contribution in [0.15, 0.2) is 16.7 Å². The number of hydrogen-bond acceptors (Lipinski definition) is 3. The van der Waals surface area contributed by atoms with E-state index in [0.717, 1.165) is 25.3 Å². The zero-order valence-electron chi connectivity index (χ0n) is 9.62. The molecule has 1 aromatic heterocycles. The summed E-state index contributed by atoms with van der Waals surface area (Å²) in [4.78, 5) is 2.23. The molecule has 1 aromatic rings. The van der Waals surface area contributed by atoms with Gasteiger partial charge in [0, 0.05) is 31.8 Å². The second kappa shape index (κ2) is 5.46. The van der Waals surface area contributed by atoms with Crippen LogP contribution in [0.5, 0.6) is 0 Å². The summed E-state index contributed by atoms with van der Waals surface area (Å²) in [6.07, 6.45) is 2.40. The molecule has 0 spiro atoms. The van der Waals surface area contributed by atoms with Crippen molar-refractivity contribution in [3.05, 3.63) is 23.7 Å². The minimum atomic E-state index is -0.402. The van der Waals surface area contributed by atoms with Crippen molar-refractivity contribution < 1.29 is 13.5 Å². The van der Waals surface area contributed by atoms with E-state index in [0.29, 0.717) is 13.2 Å². The average Bonchev–Trinajstić information content (AvgIpc) is 2.55. The zero-order chi connectivity index (χ0) is 11.4. The van der Waals surface area contributed by atoms with Gasteiger partial charge < -0.3 is 9.15 Å². The topological polar surface area (TPSA) is 25.6 Å². The quantitative estimate of drug-likeness (QED) is 0.791. The third-order valence-corrected chi connectivity index (χ3v) is 2.97. The zero-order valence-corrected chi connectivity index (χ0v) is 9.62. The number of halogens is 1. The molecule has 90 valence electrons. The molecular formula is C12H18FNO2. The minimum absolute atomic E-state index is 0.269. The van der Waals surface area contributed by atoms with Crippen molar-refractivity contribution >= 4 is 0 Å². The fraction of sp³-hybridized carbons (Fsp3) is 0.667. The molecule has 0 N–H and O–H groups in total. The molecule has 1 saturated heterocycles. The lowest BCUT2D eigenvalue weighted by Gasteiger charge is -2.21. The highest BCUT2D eigenvalue weighted by Gasteiger charge is 2.19. The third kappa shape index (κ3) is 2.83. The van der Waals surface area contributed by atoms with Gasteiger partial charge in [-0.05, 0) is 19.4 Å². The highest BCUT2D eigenvalue weighted by molar-refractivity contribution is 5.15. The van der Waals surface area contributed by atoms with Crippen LogP contribution >= 0.6 is 0 Å². The summed E-state index contributed by atoms with van der Waals surface area (Å²) in [5.74, 6) is 0.946. The van der Waals surface area contributed by atoms with Crippen molar-refractivity contribution in [2.24, 2.45) is 0 Å². The largest absolute Gasteiger partial charge is 0.469 e. The molecule has 0 amide bonds. The van der Waals surface area contributed by atoms with Crippen molar-refractivity contribution in [3.63, 3.8) is 0 Å². The fourth-order valence-electron chi connectivity index (χ4n) is 2.02. The van der Waals surface area contributed by atoms with Gasteiger partial charge in [0.25, 0.3) is 0 Å². The molecule has 1 atom stereocenters. The summed E-state index contributed by atoms with van der Waals surface area (Å²) < 4.78 is 23.3. The van der Waals surface area contributed by atoms with E-state index in [1.807, 2.05) is 13.0 Å². The van der Waals surface area contributed by atoms with E-state index >= 15 is 0 Å². The first-order valence-corrected chi connectivity index (χ1v) is 5.72. The fourth-order valence-corrected chi connectivity index (χ4v) is 2.02. The van der Waals surface area contributed by atoms with Crippen LogP contribution in [0.25, 0.3) is 0 Å². The predicted octanol–water partition coefficient (Wildman–Crippen LogP) is 2.15. The van der Waals surface area contributed by atoms with Crippen molar-refractivity contribution in [1.29, 1.82) is 0 Å². The minimum Gasteiger partial charge on any atom is -0.469 e. The lowest BCUT2D eigenvalue weighted by molar-refractivity contribution is 0.0359. The highest BCUT2D eigenvalue weighted by Crippen LogP contribution is 2.14. The molecular weight excluding hydrogens is 209 g/mol. The Bertz CT molecular complexity index is 327. The first-order valence-electron chi connectivity index (χ1n) is 5.72. The molecule has 2 heterocycles. The van der Waals surface area contributed by atoms with Gasteiger partial charge >= 0.3 is 0 Å². The molecule has 0 aromatic carbocycles. The first kappa shape index (κ1) is 11.6. The monoisotopic (exact) mass is 227 g/mol. The molecule has 0 aliphatic carbocycles. The summed E-state index contributed by atoms with van der Waals surface area (Å²) >= 11 is 0. The molecule has 1 fully saturated rings. The van der Waals surface area contributed by atoms with Gasteiger partial charge in [0.2, 0.25) is 0 Å². The van der Waals surface area contributed by atoms with Crippen LogP contribution in [0.3, 0.4) is 0 Å². The van der Waals surface area contributed by atoms with Gasteiger partial charge in [-0.3, -0.25) is 4.90 Å². The van der Waals surface area contributed by atoms with Crippen LogP contribution in [0.1, 0.15) is 17.7 Å². The number of alkyl halides is 1. The summed E-state index contributed by atoms with van der Waals surface area (Å²) in [5, 5.41) is 0. The Labute approximate surface area is 95.2 Å². The number of aryl methyl sites for hydroxylation is 1. The van der Waals surface area contributed by atoms with Crippen molar-refractivity contribution in [2.75, 3.05) is 26.4 Å². The van der Waals surface area contributed by atoms with Gasteiger partial charge in [-0.15, -0.1) is 0 Å². The highest BCUT2D eigenvalue weighted by atomic mass is 19.1. The number of ether oxygens (including phenoxy) is 1. The average molecular weight is 227 g/mol. The van der Waals surface area contributed by atoms with E-state index in [-0.39, 0.29) is 6.10 Å². The maximum absolute atomic E-state index is 12.6. The van der Waals surface area contributed by atoms with Gasteiger partial charge in [-0.25, -0.2) is 4.39 Å². The van der Waals surface area contributed by atoms with Crippen molar-refractivity contribution in [3.8, 4) is 0 Å². The van der Waals surface area contributed by atoms with Gasteiger partial charge in [0.15, 0.2) is 0 Å². The summed E-state index contributed by atoms with van der Waals surface area (Å²) in [6, 6.07) is 1.98. The molecule has 16 heavy (non-hydrogen) atoms. The van der Waals surface area contributed by atoms with E-state index in [2.05, 4.69) is 4.90 Å². The molecule has 3 nitrogen and oxygen atoms in total. The molecule has 2 rings (SSSR count). The Balaban J connectivity index is 1.95. The van der Waals surface area contributed by atoms with Crippen LogP contribution in [-0.2, 0) is 11.3 Å². The Morgan fingerprint density at radius 2 is 2.44 bits per heavy atom. The van der Waals surface area contributed by atoms with Gasteiger partial charge in [0.05, 0.1) is 12.4 Å². The third-order valence-electron chi connectivity index (χ3n) is 2.97. The first-order chi connectivity index (χ1) is 7.79. The van der Waals surface area contributed by atoms with E-state index in [1.54, 1.807) is 6.26 Å². The van der Waals surface area contributed by atoms with Crippen molar-refractivity contribution in [1.82, 2.24) is 4.90 Å². The maximum atomic E-state index is 12.6. The SMILES string of the molecule is Cc1occc1CN1CCCO[C@@H](CF)C1. The smallest absolute Gasteiger partial charge is 0.117 e. The molecule has 0 bridgehead atoms. The number of furan rings is 1. The van der Waals surface area contributed by atoms with Crippen LogP contribution in [0.2, 0.25) is 0 Å². The Kier molecular flexibility index (Phi) is 3.96. The molecule has 1 aliphatic heterocycles. The number of nitrogens with zero attached hydrogens (tertiary/aromatic N) is 1. The molecule has 0 saturated carbocycles. The molecule has 1 aliphatic rings. The molecule has 0 unspecified atom stereocenters. The van der Waals surface area contributed by atoms with E-state index in [4.69, 9.17) is 9.15 Å². The number of rotatable bonds is 3. The van der Waals surface area contributed by atoms with Crippen LogP contribution in [0, 0.1) is 6.92 Å². The summed E-state index contributed by atoms with van der Waals surface area (Å²) in [5.41, 5.74) is 1.18. The van der Waals surface area contributed by atoms with Crippen molar-refractivity contribution in [2.45, 2.75) is 26.0 Å². The summed E-state index contributed by atoms with van der Waals surface area (Å²) in [6.45, 7) is 4.66. The Morgan fingerprint density at radius 3 is 3.12 bits per heavy atom. The Hall–Kier alpha value is -0.870. The second-order valence-electron chi connectivity index (χ2n) is 4.24. The normalized spacial score (nSPS) is 23.2. The number of hydrogen-bond donors (Lipinski definition) is 0. The van der Waals surface area contributed by atoms with Crippen LogP contribution in [-0.4, -0.2) is 37.4 Å². The maximum Gasteiger partial charge on any atom is 0.117 e. The van der Waals surface area contributed by atoms with E-state index < -0.39 is 6.67 Å². The molecule has 0 radical (unpaired) electrons. The van der Waals surface area contributed by atoms with E-state index in [9.17, 15) is 4.39 Å². The standard InChI is InChI=1S/C12H18FNO2/c1-10-11(3-6-15-10)8-14-4-2-5-16-12(7-13)9-14/h3,6,12H,2,4-5,7-9H2,1H3/t12-/m0/s1. The molecule has 4 heteroatoms. The predicted molar refractivity (Wildman–Crippen MR) is 59.1 cm³/mol. The van der Waals surface area contributed by atoms with Crippen LogP contribution < -0.4 is 0 Å². The van der Waals surface area contributed by atoms with Gasteiger partial charge in [0.1, 0.15) is 12.4 Å². The van der Waals surface area contributed by atoms with Gasteiger partial charge in [-0.1, -0.05) is 0 Å². The lowest BCUT2D eigenvalue weighted by atomic mass is 10.2. The van der Waals surface area contributed by atoms with E-state index in [1.165, 1.54) is 5.56 Å². The second-order valence-corrected chi connectivity index (χ2v) is 4.24.